The highest BCUT2D eigenvalue weighted by Crippen LogP contribution is 2.20. The molecule has 0 aliphatic rings. The van der Waals surface area contributed by atoms with Gasteiger partial charge in [0.05, 0.1) is 0 Å². The van der Waals surface area contributed by atoms with Crippen LogP contribution in [-0.4, -0.2) is 24.2 Å². The van der Waals surface area contributed by atoms with Gasteiger partial charge in [0.15, 0.2) is 0 Å². The van der Waals surface area contributed by atoms with Crippen molar-refractivity contribution in [2.24, 2.45) is 18.7 Å². The lowest BCUT2D eigenvalue weighted by atomic mass is 10.1. The molecule has 18 heavy (non-hydrogen) atoms. The predicted molar refractivity (Wildman–Crippen MR) is 77.7 cm³/mol. The quantitative estimate of drug-likeness (QED) is 0.763. The number of aromatic nitrogens is 1. The summed E-state index contributed by atoms with van der Waals surface area (Å²) in [5, 5.41) is 4.84. The lowest BCUT2D eigenvalue weighted by Crippen LogP contribution is -2.27. The van der Waals surface area contributed by atoms with Crippen molar-refractivity contribution in [1.29, 1.82) is 0 Å². The van der Waals surface area contributed by atoms with Crippen LogP contribution in [0.4, 0.5) is 0 Å². The van der Waals surface area contributed by atoms with Crippen molar-refractivity contribution in [1.82, 2.24) is 9.88 Å². The molecule has 1 aromatic heterocycles. The molecule has 2 rings (SSSR count). The first-order valence-electron chi connectivity index (χ1n) is 6.66. The molecule has 0 saturated carbocycles. The van der Waals surface area contributed by atoms with Gasteiger partial charge in [0.1, 0.15) is 0 Å². The van der Waals surface area contributed by atoms with Gasteiger partial charge in [0, 0.05) is 24.1 Å². The van der Waals surface area contributed by atoms with Crippen molar-refractivity contribution in [3.05, 3.63) is 36.0 Å². The van der Waals surface area contributed by atoms with Gasteiger partial charge in [0.25, 0.3) is 0 Å². The highest BCUT2D eigenvalue weighted by molar-refractivity contribution is 5.83. The average Bonchev–Trinajstić information content (AvgIpc) is 2.72. The van der Waals surface area contributed by atoms with Crippen LogP contribution in [0.5, 0.6) is 0 Å². The van der Waals surface area contributed by atoms with Crippen molar-refractivity contribution >= 4 is 10.9 Å². The summed E-state index contributed by atoms with van der Waals surface area (Å²) in [4.78, 5) is 0. The van der Waals surface area contributed by atoms with Gasteiger partial charge in [-0.2, -0.15) is 0 Å². The van der Waals surface area contributed by atoms with Crippen molar-refractivity contribution in [2.75, 3.05) is 19.6 Å². The van der Waals surface area contributed by atoms with E-state index in [1.165, 1.54) is 16.5 Å². The third kappa shape index (κ3) is 2.92. The monoisotopic (exact) mass is 245 g/mol. The van der Waals surface area contributed by atoms with Crippen molar-refractivity contribution in [3.8, 4) is 0 Å². The van der Waals surface area contributed by atoms with E-state index in [0.29, 0.717) is 5.92 Å². The predicted octanol–water partition coefficient (Wildman–Crippen LogP) is 1.91. The molecule has 98 valence electrons. The molecule has 1 heterocycles. The molecule has 3 heteroatoms. The van der Waals surface area contributed by atoms with E-state index >= 15 is 0 Å². The fraction of sp³-hybridized carbons (Fsp3) is 0.467. The van der Waals surface area contributed by atoms with Gasteiger partial charge in [-0.3, -0.25) is 0 Å². The van der Waals surface area contributed by atoms with Crippen molar-refractivity contribution < 1.29 is 0 Å². The molecule has 0 saturated heterocycles. The Morgan fingerprint density at radius 3 is 2.89 bits per heavy atom. The molecule has 0 aliphatic carbocycles. The van der Waals surface area contributed by atoms with Crippen LogP contribution in [0.3, 0.4) is 0 Å². The van der Waals surface area contributed by atoms with E-state index in [2.05, 4.69) is 54.3 Å². The van der Waals surface area contributed by atoms with Crippen LogP contribution in [0.25, 0.3) is 10.9 Å². The minimum absolute atomic E-state index is 0.553. The van der Waals surface area contributed by atoms with Crippen LogP contribution in [0.2, 0.25) is 0 Å². The number of hydrogen-bond acceptors (Lipinski definition) is 2. The summed E-state index contributed by atoms with van der Waals surface area (Å²) in [5.41, 5.74) is 8.33. The average molecular weight is 245 g/mol. The molecule has 1 atom stereocenters. The van der Waals surface area contributed by atoms with E-state index in [-0.39, 0.29) is 0 Å². The van der Waals surface area contributed by atoms with Crippen LogP contribution in [0.15, 0.2) is 30.5 Å². The fourth-order valence-corrected chi connectivity index (χ4v) is 2.28. The smallest absolute Gasteiger partial charge is 0.0480 e. The van der Waals surface area contributed by atoms with E-state index < -0.39 is 0 Å². The van der Waals surface area contributed by atoms with Crippen LogP contribution >= 0.6 is 0 Å². The van der Waals surface area contributed by atoms with Gasteiger partial charge in [-0.15, -0.1) is 0 Å². The molecule has 0 aliphatic heterocycles. The van der Waals surface area contributed by atoms with Gasteiger partial charge in [-0.25, -0.2) is 0 Å². The first-order valence-corrected chi connectivity index (χ1v) is 6.66. The molecule has 0 amide bonds. The Balaban J connectivity index is 1.96. The maximum Gasteiger partial charge on any atom is 0.0480 e. The minimum atomic E-state index is 0.553. The number of rotatable bonds is 6. The molecule has 2 aromatic rings. The molecule has 3 N–H and O–H groups in total. The highest BCUT2D eigenvalue weighted by Gasteiger charge is 2.05. The Bertz CT molecular complexity index is 501. The topological polar surface area (TPSA) is 43.0 Å². The Hall–Kier alpha value is -1.32. The molecular formula is C15H23N3. The Morgan fingerprint density at radius 1 is 1.33 bits per heavy atom. The number of benzene rings is 1. The lowest BCUT2D eigenvalue weighted by Gasteiger charge is -2.09. The summed E-state index contributed by atoms with van der Waals surface area (Å²) in [6, 6.07) is 8.57. The third-order valence-electron chi connectivity index (χ3n) is 3.45. The number of para-hydroxylation sites is 1. The normalized spacial score (nSPS) is 13.1. The molecule has 0 radical (unpaired) electrons. The van der Waals surface area contributed by atoms with Crippen LogP contribution in [0.1, 0.15) is 12.5 Å². The highest BCUT2D eigenvalue weighted by atomic mass is 14.9. The SMILES string of the molecule is CC(CN)CNCCc1cn(C)c2ccccc12. The summed E-state index contributed by atoms with van der Waals surface area (Å²) in [6.45, 7) is 4.94. The maximum absolute atomic E-state index is 5.60. The minimum Gasteiger partial charge on any atom is -0.350 e. The van der Waals surface area contributed by atoms with Crippen molar-refractivity contribution in [2.45, 2.75) is 13.3 Å². The molecule has 1 unspecified atom stereocenters. The zero-order chi connectivity index (χ0) is 13.0. The Morgan fingerprint density at radius 2 is 2.11 bits per heavy atom. The number of nitrogens with two attached hydrogens (primary N) is 1. The summed E-state index contributed by atoms with van der Waals surface area (Å²) >= 11 is 0. The first kappa shape index (κ1) is 13.1. The molecule has 0 fully saturated rings. The zero-order valence-electron chi connectivity index (χ0n) is 11.3. The Labute approximate surface area is 109 Å². The largest absolute Gasteiger partial charge is 0.350 e. The summed E-state index contributed by atoms with van der Waals surface area (Å²) < 4.78 is 2.20. The number of hydrogen-bond donors (Lipinski definition) is 2. The van der Waals surface area contributed by atoms with Crippen molar-refractivity contribution in [3.63, 3.8) is 0 Å². The molecular weight excluding hydrogens is 222 g/mol. The number of nitrogens with zero attached hydrogens (tertiary/aromatic N) is 1. The van der Waals surface area contributed by atoms with Gasteiger partial charge < -0.3 is 15.6 Å². The summed E-state index contributed by atoms with van der Waals surface area (Å²) in [5.74, 6) is 0.553. The second-order valence-electron chi connectivity index (χ2n) is 5.08. The second kappa shape index (κ2) is 6.03. The third-order valence-corrected chi connectivity index (χ3v) is 3.45. The summed E-state index contributed by atoms with van der Waals surface area (Å²) in [7, 11) is 2.11. The zero-order valence-corrected chi connectivity index (χ0v) is 11.3. The maximum atomic E-state index is 5.60. The van der Waals surface area contributed by atoms with Crippen LogP contribution in [0, 0.1) is 5.92 Å². The van der Waals surface area contributed by atoms with Crippen LogP contribution in [-0.2, 0) is 13.5 Å². The van der Waals surface area contributed by atoms with Gasteiger partial charge >= 0.3 is 0 Å². The Kier molecular flexibility index (Phi) is 4.39. The van der Waals surface area contributed by atoms with E-state index in [1.807, 2.05) is 0 Å². The number of nitrogens with one attached hydrogen (secondary N) is 1. The number of aryl methyl sites for hydroxylation is 1. The molecule has 3 nitrogen and oxygen atoms in total. The van der Waals surface area contributed by atoms with E-state index in [4.69, 9.17) is 5.73 Å². The van der Waals surface area contributed by atoms with Gasteiger partial charge in [-0.05, 0) is 43.6 Å². The van der Waals surface area contributed by atoms with E-state index in [1.54, 1.807) is 0 Å². The molecule has 0 spiro atoms. The molecule has 1 aromatic carbocycles. The standard InChI is InChI=1S/C15H23N3/c1-12(9-16)10-17-8-7-13-11-18(2)15-6-4-3-5-14(13)15/h3-6,11-12,17H,7-10,16H2,1-2H3. The summed E-state index contributed by atoms with van der Waals surface area (Å²) in [6.07, 6.45) is 3.30. The van der Waals surface area contributed by atoms with Gasteiger partial charge in [0.2, 0.25) is 0 Å². The second-order valence-corrected chi connectivity index (χ2v) is 5.08. The lowest BCUT2D eigenvalue weighted by molar-refractivity contribution is 0.524. The van der Waals surface area contributed by atoms with Gasteiger partial charge in [-0.1, -0.05) is 25.1 Å². The van der Waals surface area contributed by atoms with E-state index in [0.717, 1.165) is 26.1 Å². The molecule has 0 bridgehead atoms. The van der Waals surface area contributed by atoms with Crippen LogP contribution < -0.4 is 11.1 Å². The van der Waals surface area contributed by atoms with E-state index in [9.17, 15) is 0 Å². The first-order chi connectivity index (χ1) is 8.72. The fourth-order valence-electron chi connectivity index (χ4n) is 2.28. The number of fused-ring (bicyclic) bond motifs is 1.